The van der Waals surface area contributed by atoms with Crippen molar-refractivity contribution in [1.29, 1.82) is 0 Å². The van der Waals surface area contributed by atoms with E-state index in [-0.39, 0.29) is 23.3 Å². The Bertz CT molecular complexity index is 958. The van der Waals surface area contributed by atoms with E-state index in [4.69, 9.17) is 11.6 Å². The van der Waals surface area contributed by atoms with Crippen molar-refractivity contribution in [3.63, 3.8) is 0 Å². The molecule has 1 unspecified atom stereocenters. The molecule has 1 fully saturated rings. The number of aryl methyl sites for hydroxylation is 2. The zero-order valence-electron chi connectivity index (χ0n) is 16.1. The number of nitrogens with zero attached hydrogens (tertiary/aromatic N) is 1. The van der Waals surface area contributed by atoms with Gasteiger partial charge >= 0.3 is 0 Å². The number of sulfonamides is 1. The van der Waals surface area contributed by atoms with Crippen LogP contribution in [0.5, 0.6) is 0 Å². The molecule has 0 aromatic heterocycles. The highest BCUT2D eigenvalue weighted by Crippen LogP contribution is 2.26. The number of carbonyl (C=O) groups excluding carboxylic acids is 1. The van der Waals surface area contributed by atoms with Crippen LogP contribution in [0.1, 0.15) is 29.5 Å². The minimum Gasteiger partial charge on any atom is -0.352 e. The van der Waals surface area contributed by atoms with Gasteiger partial charge in [0.1, 0.15) is 0 Å². The minimum atomic E-state index is -3.67. The van der Waals surface area contributed by atoms with Gasteiger partial charge in [0.05, 0.1) is 10.8 Å². The standard InChI is InChI=1S/C21H25ClN2O3S/c1-15-5-8-17(9-6-15)13-23-21(25)18-4-3-11-24(14-18)28(26,27)19-10-7-16(2)20(22)12-19/h5-10,12,18H,3-4,11,13-14H2,1-2H3,(H,23,25). The SMILES string of the molecule is Cc1ccc(CNC(=O)C2CCCN(S(=O)(=O)c3ccc(C)c(Cl)c3)C2)cc1. The molecule has 1 N–H and O–H groups in total. The second-order valence-electron chi connectivity index (χ2n) is 7.32. The minimum absolute atomic E-state index is 0.109. The summed E-state index contributed by atoms with van der Waals surface area (Å²) in [7, 11) is -3.67. The van der Waals surface area contributed by atoms with E-state index in [1.807, 2.05) is 38.1 Å². The number of hydrogen-bond donors (Lipinski definition) is 1. The van der Waals surface area contributed by atoms with Crippen LogP contribution in [0.3, 0.4) is 0 Å². The highest BCUT2D eigenvalue weighted by Gasteiger charge is 2.33. The molecule has 2 aromatic rings. The Hall–Kier alpha value is -1.89. The van der Waals surface area contributed by atoms with E-state index in [0.29, 0.717) is 31.0 Å². The molecule has 1 heterocycles. The summed E-state index contributed by atoms with van der Waals surface area (Å²) < 4.78 is 27.3. The van der Waals surface area contributed by atoms with E-state index < -0.39 is 10.0 Å². The number of piperidine rings is 1. The van der Waals surface area contributed by atoms with Gasteiger partial charge in [0, 0.05) is 24.7 Å². The second-order valence-corrected chi connectivity index (χ2v) is 9.66. The molecule has 150 valence electrons. The van der Waals surface area contributed by atoms with Gasteiger partial charge in [-0.3, -0.25) is 4.79 Å². The first kappa shape index (κ1) is 20.8. The summed E-state index contributed by atoms with van der Waals surface area (Å²) in [6.07, 6.45) is 1.34. The Morgan fingerprint density at radius 1 is 1.18 bits per heavy atom. The van der Waals surface area contributed by atoms with Crippen LogP contribution in [-0.4, -0.2) is 31.7 Å². The normalized spacial score (nSPS) is 18.0. The van der Waals surface area contributed by atoms with Crippen LogP contribution in [0.4, 0.5) is 0 Å². The van der Waals surface area contributed by atoms with Gasteiger partial charge in [0.15, 0.2) is 0 Å². The van der Waals surface area contributed by atoms with Crippen LogP contribution < -0.4 is 5.32 Å². The molecule has 0 spiro atoms. The van der Waals surface area contributed by atoms with Crippen LogP contribution in [0.15, 0.2) is 47.4 Å². The fraction of sp³-hybridized carbons (Fsp3) is 0.381. The summed E-state index contributed by atoms with van der Waals surface area (Å²) in [5.41, 5.74) is 3.01. The molecule has 0 aliphatic carbocycles. The first-order valence-corrected chi connectivity index (χ1v) is 11.2. The zero-order valence-corrected chi connectivity index (χ0v) is 17.7. The number of rotatable bonds is 5. The highest BCUT2D eigenvalue weighted by atomic mass is 35.5. The predicted octanol–water partition coefficient (Wildman–Crippen LogP) is 3.67. The average Bonchev–Trinajstić information content (AvgIpc) is 2.69. The van der Waals surface area contributed by atoms with E-state index in [1.54, 1.807) is 12.1 Å². The maximum absolute atomic E-state index is 13.0. The summed E-state index contributed by atoms with van der Waals surface area (Å²) in [5.74, 6) is -0.461. The Morgan fingerprint density at radius 2 is 1.89 bits per heavy atom. The average molecular weight is 421 g/mol. The van der Waals surface area contributed by atoms with Crippen LogP contribution in [0.2, 0.25) is 5.02 Å². The van der Waals surface area contributed by atoms with Crippen molar-refractivity contribution in [2.24, 2.45) is 5.92 Å². The van der Waals surface area contributed by atoms with Crippen molar-refractivity contribution >= 4 is 27.5 Å². The van der Waals surface area contributed by atoms with Gasteiger partial charge in [0.25, 0.3) is 0 Å². The Morgan fingerprint density at radius 3 is 2.57 bits per heavy atom. The van der Waals surface area contributed by atoms with E-state index in [0.717, 1.165) is 11.1 Å². The van der Waals surface area contributed by atoms with Gasteiger partial charge < -0.3 is 5.32 Å². The van der Waals surface area contributed by atoms with Crippen molar-refractivity contribution in [3.05, 3.63) is 64.2 Å². The number of halogens is 1. The van der Waals surface area contributed by atoms with Crippen molar-refractivity contribution in [1.82, 2.24) is 9.62 Å². The first-order chi connectivity index (χ1) is 13.3. The van der Waals surface area contributed by atoms with Gasteiger partial charge in [-0.2, -0.15) is 4.31 Å². The number of amides is 1. The lowest BCUT2D eigenvalue weighted by atomic mass is 9.98. The predicted molar refractivity (Wildman–Crippen MR) is 111 cm³/mol. The smallest absolute Gasteiger partial charge is 0.243 e. The molecule has 1 saturated heterocycles. The molecule has 7 heteroatoms. The maximum atomic E-state index is 13.0. The molecule has 0 saturated carbocycles. The van der Waals surface area contributed by atoms with E-state index in [9.17, 15) is 13.2 Å². The van der Waals surface area contributed by atoms with Gasteiger partial charge in [-0.1, -0.05) is 47.5 Å². The lowest BCUT2D eigenvalue weighted by molar-refractivity contribution is -0.126. The third kappa shape index (κ3) is 4.74. The van der Waals surface area contributed by atoms with Gasteiger partial charge in [-0.15, -0.1) is 0 Å². The summed E-state index contributed by atoms with van der Waals surface area (Å²) in [6, 6.07) is 12.7. The highest BCUT2D eigenvalue weighted by molar-refractivity contribution is 7.89. The summed E-state index contributed by atoms with van der Waals surface area (Å²) in [6.45, 7) is 4.88. The fourth-order valence-corrected chi connectivity index (χ4v) is 5.09. The third-order valence-corrected chi connectivity index (χ3v) is 7.39. The largest absolute Gasteiger partial charge is 0.352 e. The molecule has 5 nitrogen and oxygen atoms in total. The topological polar surface area (TPSA) is 66.5 Å². The molecule has 1 aliphatic rings. The monoisotopic (exact) mass is 420 g/mol. The number of benzene rings is 2. The van der Waals surface area contributed by atoms with Gasteiger partial charge in [-0.05, 0) is 49.9 Å². The van der Waals surface area contributed by atoms with Crippen molar-refractivity contribution in [2.75, 3.05) is 13.1 Å². The summed E-state index contributed by atoms with van der Waals surface area (Å²) in [4.78, 5) is 12.8. The molecule has 2 aromatic carbocycles. The molecule has 0 radical (unpaired) electrons. The third-order valence-electron chi connectivity index (χ3n) is 5.12. The molecule has 1 aliphatic heterocycles. The fourth-order valence-electron chi connectivity index (χ4n) is 3.30. The maximum Gasteiger partial charge on any atom is 0.243 e. The van der Waals surface area contributed by atoms with E-state index in [2.05, 4.69) is 5.32 Å². The van der Waals surface area contributed by atoms with Gasteiger partial charge in [0.2, 0.25) is 15.9 Å². The summed E-state index contributed by atoms with van der Waals surface area (Å²) in [5, 5.41) is 3.36. The lowest BCUT2D eigenvalue weighted by Gasteiger charge is -2.31. The molecule has 0 bridgehead atoms. The molecular weight excluding hydrogens is 396 g/mol. The summed E-state index contributed by atoms with van der Waals surface area (Å²) >= 11 is 6.10. The van der Waals surface area contributed by atoms with Crippen molar-refractivity contribution < 1.29 is 13.2 Å². The van der Waals surface area contributed by atoms with Crippen LogP contribution in [0, 0.1) is 19.8 Å². The van der Waals surface area contributed by atoms with E-state index in [1.165, 1.54) is 15.9 Å². The van der Waals surface area contributed by atoms with Crippen molar-refractivity contribution in [2.45, 2.75) is 38.1 Å². The molecular formula is C21H25ClN2O3S. The molecule has 3 rings (SSSR count). The van der Waals surface area contributed by atoms with Crippen LogP contribution in [-0.2, 0) is 21.4 Å². The van der Waals surface area contributed by atoms with Crippen LogP contribution >= 0.6 is 11.6 Å². The van der Waals surface area contributed by atoms with Crippen LogP contribution in [0.25, 0.3) is 0 Å². The Balaban J connectivity index is 1.66. The zero-order chi connectivity index (χ0) is 20.3. The number of hydrogen-bond acceptors (Lipinski definition) is 3. The number of carbonyl (C=O) groups is 1. The first-order valence-electron chi connectivity index (χ1n) is 9.37. The number of nitrogens with one attached hydrogen (secondary N) is 1. The van der Waals surface area contributed by atoms with Crippen molar-refractivity contribution in [3.8, 4) is 0 Å². The van der Waals surface area contributed by atoms with Gasteiger partial charge in [-0.25, -0.2) is 8.42 Å². The lowest BCUT2D eigenvalue weighted by Crippen LogP contribution is -2.45. The Labute approximate surface area is 171 Å². The molecule has 1 amide bonds. The quantitative estimate of drug-likeness (QED) is 0.802. The Kier molecular flexibility index (Phi) is 6.43. The second kappa shape index (κ2) is 8.64. The van der Waals surface area contributed by atoms with E-state index >= 15 is 0 Å². The molecule has 1 atom stereocenters. The molecule has 28 heavy (non-hydrogen) atoms.